The smallest absolute Gasteiger partial charge is 0.413 e. The van der Waals surface area contributed by atoms with Gasteiger partial charge in [-0.05, 0) is 67.6 Å². The topological polar surface area (TPSA) is 63.6 Å². The van der Waals surface area contributed by atoms with Gasteiger partial charge in [0.25, 0.3) is 0 Å². The number of carbonyl (C=O) groups excluding carboxylic acids is 1. The molecule has 1 aromatic rings. The van der Waals surface area contributed by atoms with Crippen LogP contribution >= 0.6 is 27.7 Å². The van der Waals surface area contributed by atoms with Crippen LogP contribution in [0.1, 0.15) is 40.2 Å². The lowest BCUT2D eigenvalue weighted by molar-refractivity contribution is 0.0564. The van der Waals surface area contributed by atoms with Gasteiger partial charge in [0.2, 0.25) is 5.95 Å². The molecular weight excluding hydrogens is 397 g/mol. The summed E-state index contributed by atoms with van der Waals surface area (Å²) >= 11 is 4.56. The summed E-state index contributed by atoms with van der Waals surface area (Å²) in [5.41, 5.74) is -0.397. The Bertz CT molecular complexity index is 731. The Hall–Kier alpha value is -1.41. The first-order valence-corrected chi connectivity index (χ1v) is 8.94. The van der Waals surface area contributed by atoms with Crippen LogP contribution < -0.4 is 5.32 Å². The number of thioether (sulfide) groups is 1. The Morgan fingerprint density at radius 2 is 2.12 bits per heavy atom. The number of nitrogens with zero attached hydrogens (tertiary/aromatic N) is 2. The lowest BCUT2D eigenvalue weighted by atomic mass is 9.87. The summed E-state index contributed by atoms with van der Waals surface area (Å²) in [6, 6.07) is 1.64. The fourth-order valence-corrected chi connectivity index (χ4v) is 3.29. The van der Waals surface area contributed by atoms with Gasteiger partial charge in [-0.15, -0.1) is 0 Å². The first kappa shape index (κ1) is 18.9. The predicted molar refractivity (Wildman–Crippen MR) is 97.4 cm³/mol. The van der Waals surface area contributed by atoms with Gasteiger partial charge in [0.15, 0.2) is 5.17 Å². The number of aromatic nitrogens is 1. The van der Waals surface area contributed by atoms with E-state index in [2.05, 4.69) is 31.2 Å². The van der Waals surface area contributed by atoms with Crippen LogP contribution in [0.25, 0.3) is 0 Å². The van der Waals surface area contributed by atoms with E-state index in [0.29, 0.717) is 15.2 Å². The van der Waals surface area contributed by atoms with Crippen molar-refractivity contribution in [1.82, 2.24) is 10.3 Å². The second kappa shape index (κ2) is 6.84. The normalized spacial score (nSPS) is 21.0. The number of amidine groups is 1. The standard InChI is InChI=1S/C16H19BrFN3O2S/c1-9-8-24-13(20-14(22)23-15(2,3)4)21-16(9,5)11-6-10(17)7-19-12(11)18/h6-8H,1-5H3,(H,20,21,22)/t16-/m0/s1. The second-order valence-corrected chi connectivity index (χ2v) is 8.30. The molecule has 1 aliphatic rings. The maximum Gasteiger partial charge on any atom is 0.413 e. The zero-order valence-corrected chi connectivity index (χ0v) is 16.5. The van der Waals surface area contributed by atoms with E-state index in [0.717, 1.165) is 5.57 Å². The molecule has 130 valence electrons. The highest BCUT2D eigenvalue weighted by Gasteiger charge is 2.35. The van der Waals surface area contributed by atoms with Crippen molar-refractivity contribution in [3.05, 3.63) is 39.2 Å². The van der Waals surface area contributed by atoms with Crippen molar-refractivity contribution in [2.45, 2.75) is 45.8 Å². The minimum atomic E-state index is -0.962. The minimum Gasteiger partial charge on any atom is -0.444 e. The van der Waals surface area contributed by atoms with Gasteiger partial charge in [0, 0.05) is 16.2 Å². The van der Waals surface area contributed by atoms with Crippen molar-refractivity contribution in [3.63, 3.8) is 0 Å². The number of amides is 1. The van der Waals surface area contributed by atoms with Crippen molar-refractivity contribution in [1.29, 1.82) is 0 Å². The van der Waals surface area contributed by atoms with Gasteiger partial charge in [-0.1, -0.05) is 11.8 Å². The summed E-state index contributed by atoms with van der Waals surface area (Å²) in [5, 5.41) is 4.79. The number of halogens is 2. The van der Waals surface area contributed by atoms with Crippen molar-refractivity contribution in [2.75, 3.05) is 0 Å². The number of aliphatic imine (C=N–C) groups is 1. The number of nitrogens with one attached hydrogen (secondary N) is 1. The Labute approximate surface area is 153 Å². The fraction of sp³-hybridized carbons (Fsp3) is 0.438. The number of hydrogen-bond acceptors (Lipinski definition) is 5. The molecule has 1 N–H and O–H groups in total. The number of pyridine rings is 1. The van der Waals surface area contributed by atoms with Gasteiger partial charge in [-0.3, -0.25) is 5.32 Å². The van der Waals surface area contributed by atoms with Gasteiger partial charge >= 0.3 is 6.09 Å². The largest absolute Gasteiger partial charge is 0.444 e. The van der Waals surface area contributed by atoms with Gasteiger partial charge in [-0.25, -0.2) is 14.8 Å². The van der Waals surface area contributed by atoms with Gasteiger partial charge in [0.05, 0.1) is 0 Å². The monoisotopic (exact) mass is 415 g/mol. The maximum absolute atomic E-state index is 14.2. The first-order valence-electron chi connectivity index (χ1n) is 7.26. The average molecular weight is 416 g/mol. The quantitative estimate of drug-likeness (QED) is 0.673. The van der Waals surface area contributed by atoms with Crippen LogP contribution in [0, 0.1) is 5.95 Å². The zero-order chi connectivity index (χ0) is 18.1. The summed E-state index contributed by atoms with van der Waals surface area (Å²) in [6.45, 7) is 8.97. The third-order valence-electron chi connectivity index (χ3n) is 3.38. The van der Waals surface area contributed by atoms with Crippen molar-refractivity contribution >= 4 is 39.0 Å². The highest BCUT2D eigenvalue weighted by molar-refractivity contribution is 9.10. The third kappa shape index (κ3) is 4.36. The number of rotatable bonds is 1. The molecule has 0 aliphatic carbocycles. The SMILES string of the molecule is CC1=CSC(NC(=O)OC(C)(C)C)=N[C@]1(C)c1cc(Br)cnc1F. The molecule has 5 nitrogen and oxygen atoms in total. The van der Waals surface area contributed by atoms with Crippen molar-refractivity contribution in [3.8, 4) is 0 Å². The molecule has 0 spiro atoms. The highest BCUT2D eigenvalue weighted by atomic mass is 79.9. The van der Waals surface area contributed by atoms with E-state index < -0.39 is 23.2 Å². The van der Waals surface area contributed by atoms with E-state index in [4.69, 9.17) is 4.74 Å². The first-order chi connectivity index (χ1) is 11.0. The number of carbonyl (C=O) groups is 1. The summed E-state index contributed by atoms with van der Waals surface area (Å²) < 4.78 is 20.1. The number of alkyl carbamates (subject to hydrolysis) is 1. The Kier molecular flexibility index (Phi) is 5.39. The molecule has 2 heterocycles. The van der Waals surface area contributed by atoms with E-state index in [9.17, 15) is 9.18 Å². The van der Waals surface area contributed by atoms with E-state index >= 15 is 0 Å². The predicted octanol–water partition coefficient (Wildman–Crippen LogP) is 4.73. The van der Waals surface area contributed by atoms with E-state index in [1.807, 2.05) is 12.3 Å². The molecule has 2 rings (SSSR count). The van der Waals surface area contributed by atoms with Gasteiger partial charge < -0.3 is 4.74 Å². The molecular formula is C16H19BrFN3O2S. The summed E-state index contributed by atoms with van der Waals surface area (Å²) in [7, 11) is 0. The average Bonchev–Trinajstić information content (AvgIpc) is 2.43. The molecule has 24 heavy (non-hydrogen) atoms. The molecule has 8 heteroatoms. The van der Waals surface area contributed by atoms with Crippen molar-refractivity contribution < 1.29 is 13.9 Å². The van der Waals surface area contributed by atoms with E-state index in [-0.39, 0.29) is 0 Å². The molecule has 0 bridgehead atoms. The van der Waals surface area contributed by atoms with Gasteiger partial charge in [0.1, 0.15) is 11.1 Å². The molecule has 1 amide bonds. The molecule has 0 saturated heterocycles. The lowest BCUT2D eigenvalue weighted by Gasteiger charge is -2.31. The maximum atomic E-state index is 14.2. The molecule has 1 atom stereocenters. The van der Waals surface area contributed by atoms with E-state index in [1.165, 1.54) is 18.0 Å². The van der Waals surface area contributed by atoms with Crippen LogP contribution in [0.5, 0.6) is 0 Å². The Balaban J connectivity index is 2.33. The molecule has 0 aromatic carbocycles. The number of hydrogen-bond donors (Lipinski definition) is 1. The van der Waals surface area contributed by atoms with Crippen LogP contribution in [0.15, 0.2) is 32.7 Å². The number of ether oxygens (including phenoxy) is 1. The van der Waals surface area contributed by atoms with Crippen LogP contribution in [0.2, 0.25) is 0 Å². The summed E-state index contributed by atoms with van der Waals surface area (Å²) in [6.07, 6.45) is 0.791. The van der Waals surface area contributed by atoms with Crippen molar-refractivity contribution in [2.24, 2.45) is 4.99 Å². The molecule has 1 aromatic heterocycles. The molecule has 0 fully saturated rings. The molecule has 1 aliphatic heterocycles. The zero-order valence-electron chi connectivity index (χ0n) is 14.1. The molecule has 0 saturated carbocycles. The summed E-state index contributed by atoms with van der Waals surface area (Å²) in [5.74, 6) is -0.597. The third-order valence-corrected chi connectivity index (χ3v) is 4.70. The molecule has 0 unspecified atom stereocenters. The van der Waals surface area contributed by atoms with Gasteiger partial charge in [-0.2, -0.15) is 4.39 Å². The second-order valence-electron chi connectivity index (χ2n) is 6.53. The fourth-order valence-electron chi connectivity index (χ4n) is 2.06. The Morgan fingerprint density at radius 1 is 1.46 bits per heavy atom. The Morgan fingerprint density at radius 3 is 2.75 bits per heavy atom. The highest BCUT2D eigenvalue weighted by Crippen LogP contribution is 2.40. The van der Waals surface area contributed by atoms with E-state index in [1.54, 1.807) is 33.8 Å². The van der Waals surface area contributed by atoms with Crippen LogP contribution in [0.4, 0.5) is 9.18 Å². The lowest BCUT2D eigenvalue weighted by Crippen LogP contribution is -2.38. The van der Waals surface area contributed by atoms with Crippen LogP contribution in [-0.2, 0) is 10.3 Å². The van der Waals surface area contributed by atoms with Crippen LogP contribution in [0.3, 0.4) is 0 Å². The molecule has 0 radical (unpaired) electrons. The summed E-state index contributed by atoms with van der Waals surface area (Å²) in [4.78, 5) is 20.2. The van der Waals surface area contributed by atoms with Crippen LogP contribution in [-0.4, -0.2) is 21.8 Å². The minimum absolute atomic E-state index is 0.328.